The lowest BCUT2D eigenvalue weighted by molar-refractivity contribution is 0.173. The van der Waals surface area contributed by atoms with E-state index in [4.69, 9.17) is 0 Å². The molecule has 1 unspecified atom stereocenters. The van der Waals surface area contributed by atoms with Crippen molar-refractivity contribution in [2.75, 3.05) is 33.7 Å². The van der Waals surface area contributed by atoms with Crippen LogP contribution in [0.1, 0.15) is 11.7 Å². The molecule has 0 saturated heterocycles. The van der Waals surface area contributed by atoms with Crippen molar-refractivity contribution in [3.63, 3.8) is 0 Å². The van der Waals surface area contributed by atoms with Crippen LogP contribution in [0.4, 0.5) is 0 Å². The lowest BCUT2D eigenvalue weighted by Crippen LogP contribution is -2.29. The molecule has 1 aromatic rings. The molecule has 0 amide bonds. The van der Waals surface area contributed by atoms with Gasteiger partial charge in [0.25, 0.3) is 0 Å². The summed E-state index contributed by atoms with van der Waals surface area (Å²) in [4.78, 5) is 6.01. The van der Waals surface area contributed by atoms with E-state index in [2.05, 4.69) is 15.2 Å². The van der Waals surface area contributed by atoms with Gasteiger partial charge >= 0.3 is 0 Å². The normalized spacial score (nSPS) is 13.1. The van der Waals surface area contributed by atoms with E-state index in [-0.39, 0.29) is 0 Å². The number of aliphatic hydroxyl groups is 1. The van der Waals surface area contributed by atoms with Gasteiger partial charge < -0.3 is 15.3 Å². The van der Waals surface area contributed by atoms with Crippen LogP contribution in [0.25, 0.3) is 0 Å². The van der Waals surface area contributed by atoms with E-state index in [0.29, 0.717) is 6.54 Å². The van der Waals surface area contributed by atoms with Gasteiger partial charge in [0, 0.05) is 32.0 Å². The molecule has 1 atom stereocenters. The molecule has 1 heterocycles. The van der Waals surface area contributed by atoms with Crippen molar-refractivity contribution >= 4 is 0 Å². The average molecular weight is 209 g/mol. The van der Waals surface area contributed by atoms with Crippen LogP contribution in [0.2, 0.25) is 0 Å². The van der Waals surface area contributed by atoms with Gasteiger partial charge in [-0.1, -0.05) is 0 Å². The third kappa shape index (κ3) is 4.88. The Hall–Kier alpha value is -0.970. The summed E-state index contributed by atoms with van der Waals surface area (Å²) in [5.74, 6) is 0. The quantitative estimate of drug-likeness (QED) is 0.660. The predicted octanol–water partition coefficient (Wildman–Crippen LogP) is 0.266. The maximum absolute atomic E-state index is 9.78. The Labute approximate surface area is 90.9 Å². The second-order valence-corrected chi connectivity index (χ2v) is 3.80. The number of nitrogens with zero attached hydrogens (tertiary/aromatic N) is 2. The molecular weight excluding hydrogens is 190 g/mol. The van der Waals surface area contributed by atoms with E-state index in [9.17, 15) is 5.11 Å². The summed E-state index contributed by atoms with van der Waals surface area (Å²) in [5, 5.41) is 13.0. The van der Waals surface area contributed by atoms with Crippen molar-refractivity contribution < 1.29 is 5.11 Å². The fourth-order valence-electron chi connectivity index (χ4n) is 1.24. The van der Waals surface area contributed by atoms with Crippen molar-refractivity contribution in [2.45, 2.75) is 6.10 Å². The first-order valence-electron chi connectivity index (χ1n) is 5.13. The number of likely N-dealkylation sites (N-methyl/N-ethyl adjacent to an activating group) is 1. The zero-order valence-electron chi connectivity index (χ0n) is 9.35. The van der Waals surface area contributed by atoms with Crippen molar-refractivity contribution in [1.82, 2.24) is 15.2 Å². The Morgan fingerprint density at radius 1 is 1.40 bits per heavy atom. The van der Waals surface area contributed by atoms with E-state index in [0.717, 1.165) is 18.7 Å². The van der Waals surface area contributed by atoms with Gasteiger partial charge in [-0.25, -0.2) is 0 Å². The Kier molecular flexibility index (Phi) is 5.25. The van der Waals surface area contributed by atoms with E-state index in [1.807, 2.05) is 26.2 Å². The molecule has 0 aliphatic carbocycles. The van der Waals surface area contributed by atoms with Gasteiger partial charge in [-0.15, -0.1) is 0 Å². The maximum Gasteiger partial charge on any atom is 0.0915 e. The SMILES string of the molecule is CN(C)CCNCC(O)c1ccncc1. The van der Waals surface area contributed by atoms with Crippen molar-refractivity contribution in [1.29, 1.82) is 0 Å². The summed E-state index contributed by atoms with van der Waals surface area (Å²) in [6.07, 6.45) is 2.94. The van der Waals surface area contributed by atoms with Crippen LogP contribution in [0, 0.1) is 0 Å². The topological polar surface area (TPSA) is 48.4 Å². The van der Waals surface area contributed by atoms with Crippen LogP contribution in [0.15, 0.2) is 24.5 Å². The fourth-order valence-corrected chi connectivity index (χ4v) is 1.24. The van der Waals surface area contributed by atoms with Crippen molar-refractivity contribution in [2.24, 2.45) is 0 Å². The van der Waals surface area contributed by atoms with Crippen molar-refractivity contribution in [3.05, 3.63) is 30.1 Å². The minimum atomic E-state index is -0.449. The minimum Gasteiger partial charge on any atom is -0.387 e. The highest BCUT2D eigenvalue weighted by Gasteiger charge is 2.05. The number of hydrogen-bond acceptors (Lipinski definition) is 4. The smallest absolute Gasteiger partial charge is 0.0915 e. The second kappa shape index (κ2) is 6.50. The Morgan fingerprint density at radius 2 is 2.07 bits per heavy atom. The Balaban J connectivity index is 2.22. The molecule has 0 aromatic carbocycles. The molecule has 0 spiro atoms. The Bertz CT molecular complexity index is 264. The van der Waals surface area contributed by atoms with Gasteiger partial charge in [-0.3, -0.25) is 4.98 Å². The standard InChI is InChI=1S/C11H19N3O/c1-14(2)8-7-13-9-11(15)10-3-5-12-6-4-10/h3-6,11,13,15H,7-9H2,1-2H3. The lowest BCUT2D eigenvalue weighted by Gasteiger charge is -2.14. The summed E-state index contributed by atoms with van der Waals surface area (Å²) < 4.78 is 0. The molecular formula is C11H19N3O. The van der Waals surface area contributed by atoms with Gasteiger partial charge in [0.15, 0.2) is 0 Å². The molecule has 0 fully saturated rings. The van der Waals surface area contributed by atoms with Gasteiger partial charge in [0.05, 0.1) is 6.10 Å². The highest BCUT2D eigenvalue weighted by Crippen LogP contribution is 2.08. The summed E-state index contributed by atoms with van der Waals surface area (Å²) in [7, 11) is 4.06. The zero-order chi connectivity index (χ0) is 11.1. The highest BCUT2D eigenvalue weighted by atomic mass is 16.3. The van der Waals surface area contributed by atoms with E-state index in [1.165, 1.54) is 0 Å². The number of nitrogens with one attached hydrogen (secondary N) is 1. The third-order valence-corrected chi connectivity index (χ3v) is 2.16. The molecule has 0 aliphatic heterocycles. The first-order valence-corrected chi connectivity index (χ1v) is 5.13. The zero-order valence-corrected chi connectivity index (χ0v) is 9.35. The predicted molar refractivity (Wildman–Crippen MR) is 60.6 cm³/mol. The van der Waals surface area contributed by atoms with Gasteiger partial charge in [-0.05, 0) is 31.8 Å². The number of aromatic nitrogens is 1. The molecule has 2 N–H and O–H groups in total. The first-order chi connectivity index (χ1) is 7.20. The number of rotatable bonds is 6. The highest BCUT2D eigenvalue weighted by molar-refractivity contribution is 5.13. The summed E-state index contributed by atoms with van der Waals surface area (Å²) in [6, 6.07) is 3.66. The largest absolute Gasteiger partial charge is 0.387 e. The number of hydrogen-bond donors (Lipinski definition) is 2. The molecule has 84 valence electrons. The molecule has 15 heavy (non-hydrogen) atoms. The second-order valence-electron chi connectivity index (χ2n) is 3.80. The maximum atomic E-state index is 9.78. The van der Waals surface area contributed by atoms with Crippen LogP contribution in [-0.2, 0) is 0 Å². The summed E-state index contributed by atoms with van der Waals surface area (Å²) in [5.41, 5.74) is 0.905. The van der Waals surface area contributed by atoms with E-state index in [1.54, 1.807) is 12.4 Å². The molecule has 4 heteroatoms. The van der Waals surface area contributed by atoms with Crippen LogP contribution in [0.5, 0.6) is 0 Å². The summed E-state index contributed by atoms with van der Waals surface area (Å²) >= 11 is 0. The van der Waals surface area contributed by atoms with Gasteiger partial charge in [-0.2, -0.15) is 0 Å². The lowest BCUT2D eigenvalue weighted by atomic mass is 10.1. The Morgan fingerprint density at radius 3 is 2.67 bits per heavy atom. The summed E-state index contributed by atoms with van der Waals surface area (Å²) in [6.45, 7) is 2.44. The molecule has 1 aromatic heterocycles. The molecule has 0 radical (unpaired) electrons. The molecule has 0 saturated carbocycles. The number of pyridine rings is 1. The van der Waals surface area contributed by atoms with Gasteiger partial charge in [0.1, 0.15) is 0 Å². The van der Waals surface area contributed by atoms with Crippen LogP contribution >= 0.6 is 0 Å². The molecule has 0 aliphatic rings. The van der Waals surface area contributed by atoms with E-state index >= 15 is 0 Å². The minimum absolute atomic E-state index is 0.449. The van der Waals surface area contributed by atoms with Gasteiger partial charge in [0.2, 0.25) is 0 Å². The monoisotopic (exact) mass is 209 g/mol. The fraction of sp³-hybridized carbons (Fsp3) is 0.545. The van der Waals surface area contributed by atoms with Crippen LogP contribution in [0.3, 0.4) is 0 Å². The van der Waals surface area contributed by atoms with Crippen LogP contribution < -0.4 is 5.32 Å². The number of aliphatic hydroxyl groups excluding tert-OH is 1. The molecule has 1 rings (SSSR count). The third-order valence-electron chi connectivity index (χ3n) is 2.16. The van der Waals surface area contributed by atoms with Crippen LogP contribution in [-0.4, -0.2) is 48.7 Å². The van der Waals surface area contributed by atoms with E-state index < -0.39 is 6.10 Å². The first kappa shape index (κ1) is 12.1. The van der Waals surface area contributed by atoms with Crippen molar-refractivity contribution in [3.8, 4) is 0 Å². The molecule has 0 bridgehead atoms. The molecule has 4 nitrogen and oxygen atoms in total. The average Bonchev–Trinajstić information content (AvgIpc) is 2.25.